The summed E-state index contributed by atoms with van der Waals surface area (Å²) in [6, 6.07) is -0.833. The van der Waals surface area contributed by atoms with Crippen molar-refractivity contribution < 1.29 is 48.5 Å². The van der Waals surface area contributed by atoms with Crippen molar-refractivity contribution in [1.82, 2.24) is 5.32 Å². The molecule has 2 aliphatic rings. The van der Waals surface area contributed by atoms with E-state index in [9.17, 15) is 15.0 Å². The van der Waals surface area contributed by atoms with Crippen LogP contribution in [0.25, 0.3) is 0 Å². The molecule has 2 bridgehead atoms. The Morgan fingerprint density at radius 3 is 2.18 bits per heavy atom. The molecule has 2 saturated heterocycles. The summed E-state index contributed by atoms with van der Waals surface area (Å²) in [5, 5.41) is 31.8. The van der Waals surface area contributed by atoms with Gasteiger partial charge in [-0.15, -0.1) is 0 Å². The summed E-state index contributed by atoms with van der Waals surface area (Å²) in [4.78, 5) is 11.2. The number of nitrogens with one attached hydrogen (secondary N) is 1. The van der Waals surface area contributed by atoms with Crippen LogP contribution in [0.15, 0.2) is 0 Å². The van der Waals surface area contributed by atoms with Crippen LogP contribution in [-0.2, 0) is 33.2 Å². The molecule has 0 saturated carbocycles. The van der Waals surface area contributed by atoms with E-state index in [4.69, 9.17) is 33.5 Å². The average molecular weight is 409 g/mol. The van der Waals surface area contributed by atoms with Crippen LogP contribution in [0.5, 0.6) is 0 Å². The van der Waals surface area contributed by atoms with E-state index in [-0.39, 0.29) is 32.3 Å². The molecule has 0 aromatic rings. The smallest absolute Gasteiger partial charge is 0.217 e. The summed E-state index contributed by atoms with van der Waals surface area (Å²) in [5.74, 6) is -0.349. The van der Waals surface area contributed by atoms with Gasteiger partial charge in [-0.25, -0.2) is 0 Å². The van der Waals surface area contributed by atoms with Gasteiger partial charge in [-0.3, -0.25) is 4.79 Å². The zero-order chi connectivity index (χ0) is 20.4. The van der Waals surface area contributed by atoms with Crippen LogP contribution < -0.4 is 5.32 Å². The molecule has 11 heteroatoms. The third-order valence-corrected chi connectivity index (χ3v) is 4.43. The Morgan fingerprint density at radius 2 is 1.61 bits per heavy atom. The first-order valence-electron chi connectivity index (χ1n) is 9.34. The van der Waals surface area contributed by atoms with Gasteiger partial charge in [0.05, 0.1) is 66.1 Å². The number of aliphatic hydroxyl groups excluding tert-OH is 3. The number of rotatable bonds is 14. The van der Waals surface area contributed by atoms with Crippen molar-refractivity contribution in [1.29, 1.82) is 0 Å². The molecule has 2 aliphatic heterocycles. The number of carbonyl (C=O) groups is 1. The number of amides is 1. The second kappa shape index (κ2) is 12.0. The zero-order valence-corrected chi connectivity index (χ0v) is 16.1. The molecule has 2 heterocycles. The maximum atomic E-state index is 11.2. The number of ether oxygens (including phenoxy) is 6. The molecule has 0 radical (unpaired) electrons. The highest BCUT2D eigenvalue weighted by Gasteiger charge is 2.59. The van der Waals surface area contributed by atoms with Crippen LogP contribution in [0.3, 0.4) is 0 Å². The second-order valence-corrected chi connectivity index (χ2v) is 6.64. The molecule has 164 valence electrons. The van der Waals surface area contributed by atoms with E-state index < -0.39 is 30.1 Å². The van der Waals surface area contributed by atoms with Gasteiger partial charge in [0.2, 0.25) is 5.91 Å². The quantitative estimate of drug-likeness (QED) is 0.225. The second-order valence-electron chi connectivity index (χ2n) is 6.64. The van der Waals surface area contributed by atoms with E-state index in [0.717, 1.165) is 0 Å². The Bertz CT molecular complexity index is 467. The van der Waals surface area contributed by atoms with E-state index in [1.165, 1.54) is 6.92 Å². The Morgan fingerprint density at radius 1 is 1.04 bits per heavy atom. The predicted molar refractivity (Wildman–Crippen MR) is 93.5 cm³/mol. The van der Waals surface area contributed by atoms with Crippen LogP contribution in [-0.4, -0.2) is 117 Å². The van der Waals surface area contributed by atoms with Crippen molar-refractivity contribution in [3.8, 4) is 0 Å². The molecule has 2 fully saturated rings. The molecule has 11 nitrogen and oxygen atoms in total. The topological polar surface area (TPSA) is 145 Å². The Balaban J connectivity index is 1.56. The first kappa shape index (κ1) is 23.4. The van der Waals surface area contributed by atoms with Crippen LogP contribution in [0.4, 0.5) is 0 Å². The summed E-state index contributed by atoms with van der Waals surface area (Å²) >= 11 is 0. The average Bonchev–Trinajstić information content (AvgIpc) is 3.07. The molecule has 0 aromatic carbocycles. The SMILES string of the molecule is CC(=O)NC1C2OCC(COCCOCCOCCOCCO)(O2)C(O)C1O. The lowest BCUT2D eigenvalue weighted by Gasteiger charge is -2.42. The first-order valence-corrected chi connectivity index (χ1v) is 9.34. The summed E-state index contributed by atoms with van der Waals surface area (Å²) in [7, 11) is 0. The van der Waals surface area contributed by atoms with Gasteiger partial charge in [0.15, 0.2) is 6.29 Å². The van der Waals surface area contributed by atoms with Gasteiger partial charge in [0.25, 0.3) is 0 Å². The summed E-state index contributed by atoms with van der Waals surface area (Å²) in [6.07, 6.45) is -3.31. The fraction of sp³-hybridized carbons (Fsp3) is 0.941. The molecule has 0 aliphatic carbocycles. The van der Waals surface area contributed by atoms with Crippen molar-refractivity contribution >= 4 is 5.91 Å². The highest BCUT2D eigenvalue weighted by molar-refractivity contribution is 5.73. The van der Waals surface area contributed by atoms with Crippen LogP contribution in [0.2, 0.25) is 0 Å². The molecule has 2 rings (SSSR count). The summed E-state index contributed by atoms with van der Waals surface area (Å²) in [5.41, 5.74) is -1.17. The number of aliphatic hydroxyl groups is 3. The fourth-order valence-corrected chi connectivity index (χ4v) is 3.04. The van der Waals surface area contributed by atoms with Crippen LogP contribution >= 0.6 is 0 Å². The van der Waals surface area contributed by atoms with Gasteiger partial charge in [0.1, 0.15) is 23.9 Å². The van der Waals surface area contributed by atoms with Crippen molar-refractivity contribution in [3.63, 3.8) is 0 Å². The molecule has 5 unspecified atom stereocenters. The minimum Gasteiger partial charge on any atom is -0.394 e. The Kier molecular flexibility index (Phi) is 9.99. The van der Waals surface area contributed by atoms with Gasteiger partial charge in [-0.1, -0.05) is 0 Å². The van der Waals surface area contributed by atoms with Gasteiger partial charge in [0, 0.05) is 6.92 Å². The molecule has 4 N–H and O–H groups in total. The normalized spacial score (nSPS) is 31.9. The van der Waals surface area contributed by atoms with E-state index in [1.807, 2.05) is 0 Å². The molecular formula is C17H31NO10. The molecule has 1 amide bonds. The third-order valence-electron chi connectivity index (χ3n) is 4.43. The molecule has 28 heavy (non-hydrogen) atoms. The van der Waals surface area contributed by atoms with Gasteiger partial charge >= 0.3 is 0 Å². The van der Waals surface area contributed by atoms with E-state index in [2.05, 4.69) is 5.32 Å². The molecule has 0 aromatic heterocycles. The third kappa shape index (κ3) is 6.58. The number of carbonyl (C=O) groups excluding carboxylic acids is 1. The maximum Gasteiger partial charge on any atom is 0.217 e. The van der Waals surface area contributed by atoms with Gasteiger partial charge in [-0.2, -0.15) is 0 Å². The minimum atomic E-state index is -1.26. The Hall–Kier alpha value is -0.890. The monoisotopic (exact) mass is 409 g/mol. The lowest BCUT2D eigenvalue weighted by molar-refractivity contribution is -0.238. The lowest BCUT2D eigenvalue weighted by Crippen LogP contribution is -2.66. The molecular weight excluding hydrogens is 378 g/mol. The number of fused-ring (bicyclic) bond motifs is 2. The van der Waals surface area contributed by atoms with Crippen molar-refractivity contribution in [2.45, 2.75) is 37.1 Å². The summed E-state index contributed by atoms with van der Waals surface area (Å²) in [6.45, 7) is 3.96. The largest absolute Gasteiger partial charge is 0.394 e. The van der Waals surface area contributed by atoms with E-state index in [1.54, 1.807) is 0 Å². The van der Waals surface area contributed by atoms with Gasteiger partial charge < -0.3 is 49.1 Å². The first-order chi connectivity index (χ1) is 13.5. The van der Waals surface area contributed by atoms with Crippen LogP contribution in [0, 0.1) is 0 Å². The van der Waals surface area contributed by atoms with Crippen LogP contribution in [0.1, 0.15) is 6.92 Å². The molecule has 0 spiro atoms. The standard InChI is InChI=1S/C17H31NO10/c1-12(20)18-13-14(21)15(22)17(11-27-16(13)28-17)10-26-9-8-25-7-6-24-5-4-23-3-2-19/h13-16,19,21-22H,2-11H2,1H3,(H,18,20). The highest BCUT2D eigenvalue weighted by atomic mass is 16.8. The van der Waals surface area contributed by atoms with Crippen molar-refractivity contribution in [2.24, 2.45) is 0 Å². The van der Waals surface area contributed by atoms with Gasteiger partial charge in [-0.05, 0) is 0 Å². The van der Waals surface area contributed by atoms with E-state index in [0.29, 0.717) is 39.6 Å². The maximum absolute atomic E-state index is 11.2. The van der Waals surface area contributed by atoms with E-state index >= 15 is 0 Å². The zero-order valence-electron chi connectivity index (χ0n) is 16.1. The Labute approximate surface area is 163 Å². The number of hydrogen-bond acceptors (Lipinski definition) is 10. The molecule has 5 atom stereocenters. The number of hydrogen-bond donors (Lipinski definition) is 4. The highest BCUT2D eigenvalue weighted by Crippen LogP contribution is 2.37. The van der Waals surface area contributed by atoms with Crippen molar-refractivity contribution in [3.05, 3.63) is 0 Å². The summed E-state index contributed by atoms with van der Waals surface area (Å²) < 4.78 is 32.4. The lowest BCUT2D eigenvalue weighted by atomic mass is 9.88. The van der Waals surface area contributed by atoms with Crippen molar-refractivity contribution in [2.75, 3.05) is 66.1 Å². The predicted octanol–water partition coefficient (Wildman–Crippen LogP) is -2.60. The minimum absolute atomic E-state index is 0.00586. The fourth-order valence-electron chi connectivity index (χ4n) is 3.04.